The molecule has 28 heavy (non-hydrogen) atoms. The van der Waals surface area contributed by atoms with Crippen molar-refractivity contribution in [1.29, 1.82) is 0 Å². The second-order valence-corrected chi connectivity index (χ2v) is 6.58. The summed E-state index contributed by atoms with van der Waals surface area (Å²) < 4.78 is 5.81. The molecule has 4 rings (SSSR count). The number of anilines is 1. The fourth-order valence-corrected chi connectivity index (χ4v) is 3.42. The van der Waals surface area contributed by atoms with E-state index in [0.717, 1.165) is 12.2 Å². The number of carbonyl (C=O) groups excluding carboxylic acids is 1. The Balaban J connectivity index is 0.00000225. The zero-order valence-corrected chi connectivity index (χ0v) is 14.8. The lowest BCUT2D eigenvalue weighted by Crippen LogP contribution is -2.28. The third-order valence-corrected chi connectivity index (χ3v) is 4.77. The zero-order chi connectivity index (χ0) is 18.5. The Morgan fingerprint density at radius 2 is 1.75 bits per heavy atom. The molecule has 1 aromatic heterocycles. The Morgan fingerprint density at radius 1 is 0.964 bits per heavy atom. The summed E-state index contributed by atoms with van der Waals surface area (Å²) in [5.41, 5.74) is 1.92. The Bertz CT molecular complexity index is 900. The number of hydrogen-bond acceptors (Lipinski definition) is 4. The molecule has 2 N–H and O–H groups in total. The molecule has 5 heteroatoms. The summed E-state index contributed by atoms with van der Waals surface area (Å²) in [6, 6.07) is 21.2. The lowest BCUT2D eigenvalue weighted by atomic mass is 9.88. The topological polar surface area (TPSA) is 63.2 Å². The summed E-state index contributed by atoms with van der Waals surface area (Å²) in [7, 11) is 0. The van der Waals surface area contributed by atoms with Gasteiger partial charge in [0.05, 0.1) is 5.92 Å². The van der Waals surface area contributed by atoms with Gasteiger partial charge in [-0.05, 0) is 29.8 Å². The minimum Gasteiger partial charge on any atom is -0.457 e. The molecule has 1 aliphatic rings. The van der Waals surface area contributed by atoms with Gasteiger partial charge >= 0.3 is 0 Å². The predicted octanol–water partition coefficient (Wildman–Crippen LogP) is 4.45. The van der Waals surface area contributed by atoms with Gasteiger partial charge in [0, 0.05) is 43.2 Å². The van der Waals surface area contributed by atoms with Gasteiger partial charge < -0.3 is 15.4 Å². The average molecular weight is 375 g/mol. The van der Waals surface area contributed by atoms with E-state index in [0.29, 0.717) is 18.0 Å². The van der Waals surface area contributed by atoms with Crippen molar-refractivity contribution in [1.82, 2.24) is 10.3 Å². The number of amides is 1. The van der Waals surface area contributed by atoms with Gasteiger partial charge in [0.1, 0.15) is 11.5 Å². The fourth-order valence-electron chi connectivity index (χ4n) is 3.42. The van der Waals surface area contributed by atoms with Crippen LogP contribution in [0, 0.1) is 5.92 Å². The van der Waals surface area contributed by atoms with Gasteiger partial charge in [-0.1, -0.05) is 43.8 Å². The molecule has 1 fully saturated rings. The minimum absolute atomic E-state index is 0. The molecule has 0 bridgehead atoms. The first-order chi connectivity index (χ1) is 13.3. The lowest BCUT2D eigenvalue weighted by Gasteiger charge is -2.19. The summed E-state index contributed by atoms with van der Waals surface area (Å²) in [6.07, 6.45) is 3.36. The zero-order valence-electron chi connectivity index (χ0n) is 14.8. The largest absolute Gasteiger partial charge is 0.457 e. The number of benzene rings is 2. The van der Waals surface area contributed by atoms with Crippen molar-refractivity contribution in [2.75, 3.05) is 18.4 Å². The van der Waals surface area contributed by atoms with Gasteiger partial charge in [-0.2, -0.15) is 0 Å². The number of nitrogens with zero attached hydrogens (tertiary/aromatic N) is 1. The van der Waals surface area contributed by atoms with Crippen LogP contribution in [0.1, 0.15) is 18.9 Å². The Hall–Kier alpha value is -3.18. The maximum Gasteiger partial charge on any atom is 0.229 e. The van der Waals surface area contributed by atoms with Crippen molar-refractivity contribution < 1.29 is 9.53 Å². The van der Waals surface area contributed by atoms with Crippen molar-refractivity contribution in [3.8, 4) is 11.5 Å². The SMILES string of the molecule is C.O=C(Nc1cccc(Oc2ccncc2)c1)[C@H]1CNC[C@@H]1c1ccccc1. The highest BCUT2D eigenvalue weighted by Gasteiger charge is 2.33. The fraction of sp³-hybridized carbons (Fsp3) is 0.217. The molecule has 0 saturated carbocycles. The maximum atomic E-state index is 12.9. The van der Waals surface area contributed by atoms with Crippen LogP contribution in [0.25, 0.3) is 0 Å². The van der Waals surface area contributed by atoms with Gasteiger partial charge in [0.25, 0.3) is 0 Å². The molecule has 0 spiro atoms. The van der Waals surface area contributed by atoms with Crippen LogP contribution in [-0.4, -0.2) is 24.0 Å². The molecule has 0 unspecified atom stereocenters. The van der Waals surface area contributed by atoms with Crippen LogP contribution >= 0.6 is 0 Å². The number of aromatic nitrogens is 1. The van der Waals surface area contributed by atoms with Crippen molar-refractivity contribution in [2.24, 2.45) is 5.92 Å². The van der Waals surface area contributed by atoms with Crippen LogP contribution < -0.4 is 15.4 Å². The van der Waals surface area contributed by atoms with E-state index in [2.05, 4.69) is 27.8 Å². The standard InChI is InChI=1S/C22H21N3O2.CH4/c26-22(21-15-24-14-20(21)16-5-2-1-3-6-16)25-17-7-4-8-19(13-17)27-18-9-11-23-12-10-18;/h1-13,20-21,24H,14-15H2,(H,25,26);1H4/t20-,21+;/m1./s1. The van der Waals surface area contributed by atoms with Gasteiger partial charge in [0.2, 0.25) is 5.91 Å². The van der Waals surface area contributed by atoms with E-state index in [1.165, 1.54) is 5.56 Å². The van der Waals surface area contributed by atoms with Crippen molar-refractivity contribution in [3.63, 3.8) is 0 Å². The molecule has 2 aromatic carbocycles. The quantitative estimate of drug-likeness (QED) is 0.691. The number of pyridine rings is 1. The van der Waals surface area contributed by atoms with Gasteiger partial charge in [0.15, 0.2) is 0 Å². The van der Waals surface area contributed by atoms with Crippen molar-refractivity contribution in [2.45, 2.75) is 13.3 Å². The Kier molecular flexibility index (Phi) is 6.40. The first-order valence-electron chi connectivity index (χ1n) is 9.04. The van der Waals surface area contributed by atoms with Gasteiger partial charge in [-0.15, -0.1) is 0 Å². The highest BCUT2D eigenvalue weighted by Crippen LogP contribution is 2.30. The molecule has 2 atom stereocenters. The van der Waals surface area contributed by atoms with Crippen LogP contribution in [0.5, 0.6) is 11.5 Å². The summed E-state index contributed by atoms with van der Waals surface area (Å²) in [5.74, 6) is 1.48. The molecule has 144 valence electrons. The lowest BCUT2D eigenvalue weighted by molar-refractivity contribution is -0.119. The number of ether oxygens (including phenoxy) is 1. The van der Waals surface area contributed by atoms with Crippen LogP contribution in [0.4, 0.5) is 5.69 Å². The molecule has 5 nitrogen and oxygen atoms in total. The summed E-state index contributed by atoms with van der Waals surface area (Å²) in [6.45, 7) is 1.49. The van der Waals surface area contributed by atoms with Crippen molar-refractivity contribution >= 4 is 11.6 Å². The Labute approximate surface area is 165 Å². The summed E-state index contributed by atoms with van der Waals surface area (Å²) in [4.78, 5) is 16.8. The molecule has 0 aliphatic carbocycles. The normalized spacial score (nSPS) is 18.1. The molecular weight excluding hydrogens is 350 g/mol. The van der Waals surface area contributed by atoms with E-state index in [4.69, 9.17) is 4.74 Å². The number of carbonyl (C=O) groups is 1. The molecule has 0 radical (unpaired) electrons. The van der Waals surface area contributed by atoms with Crippen LogP contribution in [0.15, 0.2) is 79.1 Å². The molecular formula is C23H25N3O2. The molecule has 1 saturated heterocycles. The van der Waals surface area contributed by atoms with Gasteiger partial charge in [-0.25, -0.2) is 0 Å². The van der Waals surface area contributed by atoms with E-state index in [-0.39, 0.29) is 25.2 Å². The number of rotatable bonds is 5. The number of nitrogens with one attached hydrogen (secondary N) is 2. The maximum absolute atomic E-state index is 12.9. The van der Waals surface area contributed by atoms with E-state index in [9.17, 15) is 4.79 Å². The minimum atomic E-state index is -0.0998. The average Bonchev–Trinajstić information content (AvgIpc) is 3.20. The summed E-state index contributed by atoms with van der Waals surface area (Å²) >= 11 is 0. The highest BCUT2D eigenvalue weighted by atomic mass is 16.5. The summed E-state index contributed by atoms with van der Waals surface area (Å²) in [5, 5.41) is 6.38. The van der Waals surface area contributed by atoms with E-state index in [1.807, 2.05) is 42.5 Å². The van der Waals surface area contributed by atoms with Crippen LogP contribution in [0.3, 0.4) is 0 Å². The second kappa shape index (κ2) is 9.15. The smallest absolute Gasteiger partial charge is 0.229 e. The second-order valence-electron chi connectivity index (χ2n) is 6.58. The Morgan fingerprint density at radius 3 is 2.54 bits per heavy atom. The van der Waals surface area contributed by atoms with Gasteiger partial charge in [-0.3, -0.25) is 9.78 Å². The van der Waals surface area contributed by atoms with E-state index in [1.54, 1.807) is 24.5 Å². The van der Waals surface area contributed by atoms with E-state index < -0.39 is 0 Å². The predicted molar refractivity (Wildman–Crippen MR) is 112 cm³/mol. The first kappa shape index (κ1) is 19.6. The number of hydrogen-bond donors (Lipinski definition) is 2. The molecule has 3 aromatic rings. The first-order valence-corrected chi connectivity index (χ1v) is 9.04. The molecule has 1 aliphatic heterocycles. The third-order valence-electron chi connectivity index (χ3n) is 4.77. The van der Waals surface area contributed by atoms with Crippen molar-refractivity contribution in [3.05, 3.63) is 84.7 Å². The molecule has 2 heterocycles. The van der Waals surface area contributed by atoms with Crippen LogP contribution in [-0.2, 0) is 4.79 Å². The monoisotopic (exact) mass is 375 g/mol. The molecule has 1 amide bonds. The third kappa shape index (κ3) is 4.56. The van der Waals surface area contributed by atoms with E-state index >= 15 is 0 Å². The van der Waals surface area contributed by atoms with Crippen LogP contribution in [0.2, 0.25) is 0 Å². The highest BCUT2D eigenvalue weighted by molar-refractivity contribution is 5.93.